The molecule has 3 rings (SSSR count). The Morgan fingerprint density at radius 3 is 2.54 bits per heavy atom. The third kappa shape index (κ3) is 3.60. The molecule has 1 amide bonds. The predicted molar refractivity (Wildman–Crippen MR) is 96.4 cm³/mol. The zero-order chi connectivity index (χ0) is 16.9. The van der Waals surface area contributed by atoms with E-state index >= 15 is 0 Å². The third-order valence-corrected chi connectivity index (χ3v) is 4.72. The Labute approximate surface area is 143 Å². The van der Waals surface area contributed by atoms with Crippen LogP contribution in [0.5, 0.6) is 5.75 Å². The maximum atomic E-state index is 12.6. The second-order valence-corrected chi connectivity index (χ2v) is 6.19. The first-order valence-electron chi connectivity index (χ1n) is 8.38. The van der Waals surface area contributed by atoms with Gasteiger partial charge in [0, 0.05) is 18.8 Å². The van der Waals surface area contributed by atoms with Gasteiger partial charge in [0.15, 0.2) is 0 Å². The van der Waals surface area contributed by atoms with Gasteiger partial charge in [-0.15, -0.1) is 0 Å². The van der Waals surface area contributed by atoms with Gasteiger partial charge >= 0.3 is 0 Å². The fourth-order valence-electron chi connectivity index (χ4n) is 3.29. The van der Waals surface area contributed by atoms with Crippen molar-refractivity contribution < 1.29 is 9.53 Å². The Morgan fingerprint density at radius 2 is 1.88 bits per heavy atom. The van der Waals surface area contributed by atoms with Crippen molar-refractivity contribution in [3.63, 3.8) is 0 Å². The van der Waals surface area contributed by atoms with Crippen LogP contribution in [-0.2, 0) is 4.79 Å². The average Bonchev–Trinajstić information content (AvgIpc) is 3.10. The molecule has 2 aromatic rings. The zero-order valence-corrected chi connectivity index (χ0v) is 14.3. The number of benzene rings is 2. The molecule has 0 radical (unpaired) electrons. The van der Waals surface area contributed by atoms with Gasteiger partial charge in [-0.1, -0.05) is 30.3 Å². The molecule has 1 unspecified atom stereocenters. The number of carbonyl (C=O) groups is 1. The molecule has 1 saturated heterocycles. The van der Waals surface area contributed by atoms with Crippen LogP contribution in [-0.4, -0.2) is 38.1 Å². The number of hydrogen-bond acceptors (Lipinski definition) is 3. The van der Waals surface area contributed by atoms with E-state index in [9.17, 15) is 4.79 Å². The van der Waals surface area contributed by atoms with E-state index in [2.05, 4.69) is 17.0 Å². The fraction of sp³-hybridized carbons (Fsp3) is 0.350. The van der Waals surface area contributed by atoms with Crippen molar-refractivity contribution in [3.8, 4) is 5.75 Å². The summed E-state index contributed by atoms with van der Waals surface area (Å²) in [6, 6.07) is 18.3. The Kier molecular flexibility index (Phi) is 5.16. The number of carbonyl (C=O) groups excluding carboxylic acids is 1. The molecule has 0 aromatic heterocycles. The molecule has 4 nitrogen and oxygen atoms in total. The number of para-hydroxylation sites is 1. The lowest BCUT2D eigenvalue weighted by atomic mass is 10.0. The molecule has 1 heterocycles. The Balaban J connectivity index is 1.68. The lowest BCUT2D eigenvalue weighted by molar-refractivity contribution is -0.119. The minimum absolute atomic E-state index is 0.126. The summed E-state index contributed by atoms with van der Waals surface area (Å²) in [5, 5.41) is 0. The van der Waals surface area contributed by atoms with Crippen molar-refractivity contribution in [3.05, 3.63) is 60.2 Å². The summed E-state index contributed by atoms with van der Waals surface area (Å²) in [5.74, 6) is 0.991. The molecule has 0 spiro atoms. The van der Waals surface area contributed by atoms with Crippen molar-refractivity contribution in [1.82, 2.24) is 4.90 Å². The zero-order valence-electron chi connectivity index (χ0n) is 14.3. The molecule has 1 aliphatic rings. The topological polar surface area (TPSA) is 32.8 Å². The molecule has 2 aromatic carbocycles. The van der Waals surface area contributed by atoms with Gasteiger partial charge in [-0.25, -0.2) is 0 Å². The third-order valence-electron chi connectivity index (χ3n) is 4.72. The number of amides is 1. The van der Waals surface area contributed by atoms with Crippen LogP contribution in [0.2, 0.25) is 0 Å². The highest BCUT2D eigenvalue weighted by Crippen LogP contribution is 2.32. The fourth-order valence-corrected chi connectivity index (χ4v) is 3.29. The first-order valence-corrected chi connectivity index (χ1v) is 8.38. The van der Waals surface area contributed by atoms with E-state index in [1.165, 1.54) is 5.56 Å². The Hall–Kier alpha value is -2.33. The highest BCUT2D eigenvalue weighted by atomic mass is 16.5. The smallest absolute Gasteiger partial charge is 0.240 e. The van der Waals surface area contributed by atoms with Crippen LogP contribution >= 0.6 is 0 Å². The minimum atomic E-state index is 0.126. The second-order valence-electron chi connectivity index (χ2n) is 6.19. The van der Waals surface area contributed by atoms with E-state index in [1.807, 2.05) is 49.5 Å². The average molecular weight is 324 g/mol. The number of anilines is 1. The van der Waals surface area contributed by atoms with E-state index in [0.29, 0.717) is 12.6 Å². The summed E-state index contributed by atoms with van der Waals surface area (Å²) in [6.07, 6.45) is 2.22. The molecule has 1 aliphatic heterocycles. The van der Waals surface area contributed by atoms with E-state index in [0.717, 1.165) is 30.8 Å². The van der Waals surface area contributed by atoms with Crippen molar-refractivity contribution in [2.24, 2.45) is 0 Å². The number of likely N-dealkylation sites (tertiary alicyclic amines) is 1. The number of methoxy groups -OCH3 is 1. The van der Waals surface area contributed by atoms with Gasteiger partial charge < -0.3 is 9.64 Å². The van der Waals surface area contributed by atoms with Gasteiger partial charge in [-0.05, 0) is 49.2 Å². The van der Waals surface area contributed by atoms with Gasteiger partial charge in [-0.2, -0.15) is 0 Å². The van der Waals surface area contributed by atoms with Crippen LogP contribution in [0.15, 0.2) is 54.6 Å². The predicted octanol–water partition coefficient (Wildman–Crippen LogP) is 3.50. The lowest BCUT2D eigenvalue weighted by Gasteiger charge is -2.27. The molecule has 0 saturated carbocycles. The summed E-state index contributed by atoms with van der Waals surface area (Å²) in [7, 11) is 3.52. The van der Waals surface area contributed by atoms with Gasteiger partial charge in [0.2, 0.25) is 5.91 Å². The summed E-state index contributed by atoms with van der Waals surface area (Å²) in [6.45, 7) is 1.41. The quantitative estimate of drug-likeness (QED) is 0.844. The van der Waals surface area contributed by atoms with Gasteiger partial charge in [0.05, 0.1) is 13.7 Å². The van der Waals surface area contributed by atoms with Crippen LogP contribution in [0.4, 0.5) is 5.69 Å². The first kappa shape index (κ1) is 16.5. The SMILES string of the molecule is COc1ccc(C2CCCN2CC(=O)N(C)c2ccccc2)cc1. The van der Waals surface area contributed by atoms with Gasteiger partial charge in [-0.3, -0.25) is 9.69 Å². The van der Waals surface area contributed by atoms with Crippen LogP contribution < -0.4 is 9.64 Å². The first-order chi connectivity index (χ1) is 11.7. The maximum Gasteiger partial charge on any atom is 0.240 e. The normalized spacial score (nSPS) is 17.7. The monoisotopic (exact) mass is 324 g/mol. The highest BCUT2D eigenvalue weighted by molar-refractivity contribution is 5.94. The minimum Gasteiger partial charge on any atom is -0.497 e. The van der Waals surface area contributed by atoms with Crippen LogP contribution in [0.25, 0.3) is 0 Å². The molecular weight excluding hydrogens is 300 g/mol. The van der Waals surface area contributed by atoms with Crippen molar-refractivity contribution in [2.75, 3.05) is 32.1 Å². The van der Waals surface area contributed by atoms with E-state index in [4.69, 9.17) is 4.74 Å². The number of rotatable bonds is 5. The second kappa shape index (κ2) is 7.49. The Morgan fingerprint density at radius 1 is 1.17 bits per heavy atom. The molecule has 1 atom stereocenters. The molecule has 0 bridgehead atoms. The van der Waals surface area contributed by atoms with Gasteiger partial charge in [0.25, 0.3) is 0 Å². The maximum absolute atomic E-state index is 12.6. The highest BCUT2D eigenvalue weighted by Gasteiger charge is 2.28. The van der Waals surface area contributed by atoms with Crippen LogP contribution in [0, 0.1) is 0 Å². The summed E-state index contributed by atoms with van der Waals surface area (Å²) in [4.78, 5) is 16.7. The molecule has 0 aliphatic carbocycles. The summed E-state index contributed by atoms with van der Waals surface area (Å²) >= 11 is 0. The number of likely N-dealkylation sites (N-methyl/N-ethyl adjacent to an activating group) is 1. The van der Waals surface area contributed by atoms with Crippen molar-refractivity contribution >= 4 is 11.6 Å². The van der Waals surface area contributed by atoms with Crippen molar-refractivity contribution in [1.29, 1.82) is 0 Å². The molecule has 126 valence electrons. The van der Waals surface area contributed by atoms with Crippen molar-refractivity contribution in [2.45, 2.75) is 18.9 Å². The Bertz CT molecular complexity index is 670. The molecule has 4 heteroatoms. The molecule has 24 heavy (non-hydrogen) atoms. The summed E-state index contributed by atoms with van der Waals surface area (Å²) < 4.78 is 5.23. The summed E-state index contributed by atoms with van der Waals surface area (Å²) in [5.41, 5.74) is 2.19. The number of ether oxygens (including phenoxy) is 1. The standard InChI is InChI=1S/C20H24N2O2/c1-21(17-7-4-3-5-8-17)20(23)15-22-14-6-9-19(22)16-10-12-18(24-2)13-11-16/h3-5,7-8,10-13,19H,6,9,14-15H2,1-2H3. The van der Waals surface area contributed by atoms with E-state index in [1.54, 1.807) is 12.0 Å². The van der Waals surface area contributed by atoms with Crippen LogP contribution in [0.3, 0.4) is 0 Å². The van der Waals surface area contributed by atoms with Gasteiger partial charge in [0.1, 0.15) is 5.75 Å². The number of nitrogens with zero attached hydrogens (tertiary/aromatic N) is 2. The molecule has 0 N–H and O–H groups in total. The van der Waals surface area contributed by atoms with E-state index < -0.39 is 0 Å². The number of hydrogen-bond donors (Lipinski definition) is 0. The van der Waals surface area contributed by atoms with Crippen LogP contribution in [0.1, 0.15) is 24.4 Å². The molecular formula is C20H24N2O2. The van der Waals surface area contributed by atoms with E-state index in [-0.39, 0.29) is 5.91 Å². The largest absolute Gasteiger partial charge is 0.497 e. The molecule has 1 fully saturated rings. The lowest BCUT2D eigenvalue weighted by Crippen LogP contribution is -2.38.